The maximum atomic E-state index is 10.4. The second-order valence-electron chi connectivity index (χ2n) is 2.52. The Kier molecular flexibility index (Phi) is 3.33. The van der Waals surface area contributed by atoms with Crippen LogP contribution in [0.2, 0.25) is 0 Å². The number of carboxylic acids is 1. The Balaban J connectivity index is 2.94. The molecule has 0 radical (unpaired) electrons. The molecule has 0 amide bonds. The van der Waals surface area contributed by atoms with Crippen LogP contribution in [0.5, 0.6) is 0 Å². The minimum absolute atomic E-state index is 0.416. The summed E-state index contributed by atoms with van der Waals surface area (Å²) in [5, 5.41) is 17.8. The molecule has 0 saturated carbocycles. The normalized spacial score (nSPS) is 12.5. The molecule has 0 aliphatic rings. The van der Waals surface area contributed by atoms with Crippen LogP contribution in [-0.2, 0) is 4.79 Å². The van der Waals surface area contributed by atoms with Gasteiger partial charge in [-0.25, -0.2) is 4.79 Å². The van der Waals surface area contributed by atoms with Gasteiger partial charge in [0.15, 0.2) is 6.10 Å². The van der Waals surface area contributed by atoms with Gasteiger partial charge in [-0.3, -0.25) is 0 Å². The molecule has 0 aromatic heterocycles. The summed E-state index contributed by atoms with van der Waals surface area (Å²) in [5.41, 5.74) is 0.416. The Morgan fingerprint density at radius 3 is 2.77 bits per heavy atom. The number of hydrogen-bond donors (Lipinski definition) is 2. The van der Waals surface area contributed by atoms with E-state index >= 15 is 0 Å². The van der Waals surface area contributed by atoms with Crippen molar-refractivity contribution in [3.05, 3.63) is 29.8 Å². The van der Waals surface area contributed by atoms with Crippen LogP contribution in [0.3, 0.4) is 0 Å². The van der Waals surface area contributed by atoms with Gasteiger partial charge < -0.3 is 10.2 Å². The molecular weight excluding hydrogens is 188 g/mol. The van der Waals surface area contributed by atoms with Crippen LogP contribution >= 0.6 is 11.8 Å². The molecule has 70 valence electrons. The van der Waals surface area contributed by atoms with Crippen LogP contribution in [0.25, 0.3) is 0 Å². The topological polar surface area (TPSA) is 57.5 Å². The van der Waals surface area contributed by atoms with Crippen LogP contribution < -0.4 is 0 Å². The molecule has 0 heterocycles. The van der Waals surface area contributed by atoms with Gasteiger partial charge in [-0.2, -0.15) is 0 Å². The smallest absolute Gasteiger partial charge is 0.337 e. The average molecular weight is 198 g/mol. The van der Waals surface area contributed by atoms with Crippen LogP contribution in [0.4, 0.5) is 0 Å². The van der Waals surface area contributed by atoms with Crippen LogP contribution in [-0.4, -0.2) is 22.4 Å². The molecule has 0 spiro atoms. The van der Waals surface area contributed by atoms with Crippen LogP contribution in [0.1, 0.15) is 11.7 Å². The van der Waals surface area contributed by atoms with E-state index in [4.69, 9.17) is 5.11 Å². The van der Waals surface area contributed by atoms with E-state index in [1.807, 2.05) is 12.3 Å². The summed E-state index contributed by atoms with van der Waals surface area (Å²) in [5.74, 6) is -1.22. The third-order valence-corrected chi connectivity index (χ3v) is 2.37. The summed E-state index contributed by atoms with van der Waals surface area (Å²) in [4.78, 5) is 11.4. The zero-order valence-electron chi connectivity index (χ0n) is 7.10. The maximum Gasteiger partial charge on any atom is 0.337 e. The third-order valence-electron chi connectivity index (χ3n) is 1.64. The van der Waals surface area contributed by atoms with E-state index in [1.54, 1.807) is 18.2 Å². The first kappa shape index (κ1) is 10.1. The highest BCUT2D eigenvalue weighted by molar-refractivity contribution is 7.98. The highest BCUT2D eigenvalue weighted by Gasteiger charge is 2.15. The molecule has 0 aliphatic heterocycles. The molecule has 0 unspecified atom stereocenters. The SMILES string of the molecule is CSc1cccc([C@@H](O)C(=O)O)c1. The summed E-state index contributed by atoms with van der Waals surface area (Å²) < 4.78 is 0. The number of benzene rings is 1. The maximum absolute atomic E-state index is 10.4. The Bertz CT molecular complexity index is 311. The molecule has 0 aliphatic carbocycles. The zero-order valence-corrected chi connectivity index (χ0v) is 7.91. The molecule has 0 bridgehead atoms. The van der Waals surface area contributed by atoms with Gasteiger partial charge in [0.2, 0.25) is 0 Å². The molecule has 1 aromatic carbocycles. The monoisotopic (exact) mass is 198 g/mol. The minimum atomic E-state index is -1.42. The van der Waals surface area contributed by atoms with Crippen molar-refractivity contribution in [3.63, 3.8) is 0 Å². The van der Waals surface area contributed by atoms with Crippen molar-refractivity contribution in [2.24, 2.45) is 0 Å². The Morgan fingerprint density at radius 1 is 1.54 bits per heavy atom. The molecule has 3 nitrogen and oxygen atoms in total. The second-order valence-corrected chi connectivity index (χ2v) is 3.40. The Morgan fingerprint density at radius 2 is 2.23 bits per heavy atom. The lowest BCUT2D eigenvalue weighted by Gasteiger charge is -2.06. The van der Waals surface area contributed by atoms with Crippen LogP contribution in [0, 0.1) is 0 Å². The van der Waals surface area contributed by atoms with E-state index in [-0.39, 0.29) is 0 Å². The molecule has 2 N–H and O–H groups in total. The molecule has 0 fully saturated rings. The van der Waals surface area contributed by atoms with Crippen molar-refractivity contribution in [2.45, 2.75) is 11.0 Å². The van der Waals surface area contributed by atoms with E-state index in [1.165, 1.54) is 11.8 Å². The summed E-state index contributed by atoms with van der Waals surface area (Å²) >= 11 is 1.51. The predicted molar refractivity (Wildman–Crippen MR) is 50.8 cm³/mol. The fraction of sp³-hybridized carbons (Fsp3) is 0.222. The lowest BCUT2D eigenvalue weighted by Crippen LogP contribution is -2.10. The summed E-state index contributed by atoms with van der Waals surface area (Å²) in [6.45, 7) is 0. The van der Waals surface area contributed by atoms with Gasteiger partial charge >= 0.3 is 5.97 Å². The van der Waals surface area contributed by atoms with Gasteiger partial charge in [-0.15, -0.1) is 11.8 Å². The molecule has 1 rings (SSSR count). The van der Waals surface area contributed by atoms with Crippen molar-refractivity contribution in [2.75, 3.05) is 6.26 Å². The van der Waals surface area contributed by atoms with E-state index in [9.17, 15) is 9.90 Å². The lowest BCUT2D eigenvalue weighted by atomic mass is 10.1. The van der Waals surface area contributed by atoms with E-state index in [0.29, 0.717) is 5.56 Å². The van der Waals surface area contributed by atoms with Crippen LogP contribution in [0.15, 0.2) is 29.2 Å². The average Bonchev–Trinajstić information content (AvgIpc) is 2.16. The fourth-order valence-electron chi connectivity index (χ4n) is 0.954. The number of aliphatic hydroxyl groups excluding tert-OH is 1. The van der Waals surface area contributed by atoms with Crippen molar-refractivity contribution in [1.82, 2.24) is 0 Å². The molecule has 1 aromatic rings. The molecule has 4 heteroatoms. The number of hydrogen-bond acceptors (Lipinski definition) is 3. The van der Waals surface area contributed by atoms with E-state index in [0.717, 1.165) is 4.90 Å². The van der Waals surface area contributed by atoms with Gasteiger partial charge in [-0.1, -0.05) is 12.1 Å². The second kappa shape index (κ2) is 4.30. The molecular formula is C9H10O3S. The van der Waals surface area contributed by atoms with Crippen molar-refractivity contribution < 1.29 is 15.0 Å². The van der Waals surface area contributed by atoms with Crippen molar-refractivity contribution >= 4 is 17.7 Å². The highest BCUT2D eigenvalue weighted by Crippen LogP contribution is 2.20. The minimum Gasteiger partial charge on any atom is -0.479 e. The van der Waals surface area contributed by atoms with Gasteiger partial charge in [-0.05, 0) is 24.0 Å². The van der Waals surface area contributed by atoms with Gasteiger partial charge in [0.05, 0.1) is 0 Å². The zero-order chi connectivity index (χ0) is 9.84. The number of rotatable bonds is 3. The van der Waals surface area contributed by atoms with Crippen molar-refractivity contribution in [3.8, 4) is 0 Å². The Labute approximate surface area is 80.4 Å². The first-order chi connectivity index (χ1) is 6.15. The first-order valence-corrected chi connectivity index (χ1v) is 4.92. The molecule has 13 heavy (non-hydrogen) atoms. The summed E-state index contributed by atoms with van der Waals surface area (Å²) in [6, 6.07) is 6.86. The third kappa shape index (κ3) is 2.47. The Hall–Kier alpha value is -1.00. The predicted octanol–water partition coefficient (Wildman–Crippen LogP) is 1.53. The number of aliphatic carboxylic acids is 1. The van der Waals surface area contributed by atoms with Crippen molar-refractivity contribution in [1.29, 1.82) is 0 Å². The van der Waals surface area contributed by atoms with Gasteiger partial charge in [0.1, 0.15) is 0 Å². The lowest BCUT2D eigenvalue weighted by molar-refractivity contribution is -0.146. The standard InChI is InChI=1S/C9H10O3S/c1-13-7-4-2-3-6(5-7)8(10)9(11)12/h2-5,8,10H,1H3,(H,11,12)/t8-/m1/s1. The summed E-state index contributed by atoms with van der Waals surface area (Å²) in [6.07, 6.45) is 0.471. The number of carboxylic acid groups (broad SMARTS) is 1. The fourth-order valence-corrected chi connectivity index (χ4v) is 1.42. The largest absolute Gasteiger partial charge is 0.479 e. The quantitative estimate of drug-likeness (QED) is 0.723. The number of thioether (sulfide) groups is 1. The van der Waals surface area contributed by atoms with E-state index < -0.39 is 12.1 Å². The molecule has 1 atom stereocenters. The van der Waals surface area contributed by atoms with Gasteiger partial charge in [0, 0.05) is 4.90 Å². The molecule has 0 saturated heterocycles. The first-order valence-electron chi connectivity index (χ1n) is 3.70. The van der Waals surface area contributed by atoms with Gasteiger partial charge in [0.25, 0.3) is 0 Å². The highest BCUT2D eigenvalue weighted by atomic mass is 32.2. The van der Waals surface area contributed by atoms with E-state index in [2.05, 4.69) is 0 Å². The number of aliphatic hydroxyl groups is 1. The summed E-state index contributed by atoms with van der Waals surface area (Å²) in [7, 11) is 0. The number of carbonyl (C=O) groups is 1.